The molecule has 2 unspecified atom stereocenters. The van der Waals surface area contributed by atoms with E-state index in [1.54, 1.807) is 12.1 Å². The monoisotopic (exact) mass is 234 g/mol. The van der Waals surface area contributed by atoms with E-state index in [1.807, 2.05) is 0 Å². The molecule has 2 N–H and O–H groups in total. The highest BCUT2D eigenvalue weighted by molar-refractivity contribution is 7.16. The third-order valence-electron chi connectivity index (χ3n) is 0.882. The van der Waals surface area contributed by atoms with Crippen molar-refractivity contribution in [1.82, 2.24) is 0 Å². The van der Waals surface area contributed by atoms with E-state index in [-0.39, 0.29) is 11.5 Å². The van der Waals surface area contributed by atoms with Crippen molar-refractivity contribution in [2.24, 2.45) is 0 Å². The number of phenols is 2. The van der Waals surface area contributed by atoms with E-state index in [1.165, 1.54) is 24.5 Å². The first-order valence-electron chi connectivity index (χ1n) is 4.51. The van der Waals surface area contributed by atoms with E-state index in [0.717, 1.165) is 0 Å². The molecule has 0 spiro atoms. The Morgan fingerprint density at radius 3 is 1.29 bits per heavy atom. The summed E-state index contributed by atoms with van der Waals surface area (Å²) in [5, 5.41) is 17.3. The Morgan fingerprint density at radius 1 is 0.929 bits per heavy atom. The highest BCUT2D eigenvalue weighted by Gasteiger charge is 1.90. The maximum absolute atomic E-state index is 8.67. The van der Waals surface area contributed by atoms with Crippen molar-refractivity contribution in [2.75, 3.05) is 12.3 Å². The first kappa shape index (κ1) is 16.1. The molecule has 14 heavy (non-hydrogen) atoms. The molecular weight excluding hydrogens is 214 g/mol. The molecule has 0 bridgehead atoms. The Labute approximate surface area is 91.2 Å². The fraction of sp³-hybridized carbons (Fsp3) is 0.400. The fourth-order valence-corrected chi connectivity index (χ4v) is 0.464. The van der Waals surface area contributed by atoms with Crippen molar-refractivity contribution < 1.29 is 10.2 Å². The molecule has 0 aliphatic carbocycles. The molecular formula is C10H20O2P2. The summed E-state index contributed by atoms with van der Waals surface area (Å²) in [6.45, 7) is 4.18. The Balaban J connectivity index is 0. The zero-order valence-corrected chi connectivity index (χ0v) is 11.1. The number of hydrogen-bond donors (Lipinski definition) is 2. The van der Waals surface area contributed by atoms with Gasteiger partial charge in [0, 0.05) is 0 Å². The van der Waals surface area contributed by atoms with Crippen LogP contribution in [0.4, 0.5) is 0 Å². The molecule has 4 heteroatoms. The van der Waals surface area contributed by atoms with Crippen LogP contribution in [0.3, 0.4) is 0 Å². The Hall–Kier alpha value is -0.320. The van der Waals surface area contributed by atoms with Gasteiger partial charge >= 0.3 is 0 Å². The SMILES string of the molecule is CCP.CCP.Oc1ccccc1O. The number of hydrogen-bond acceptors (Lipinski definition) is 2. The minimum absolute atomic E-state index is 0.0764. The van der Waals surface area contributed by atoms with Crippen molar-refractivity contribution in [3.8, 4) is 11.5 Å². The lowest BCUT2D eigenvalue weighted by Crippen LogP contribution is -1.63. The van der Waals surface area contributed by atoms with E-state index < -0.39 is 0 Å². The van der Waals surface area contributed by atoms with Crippen molar-refractivity contribution in [1.29, 1.82) is 0 Å². The van der Waals surface area contributed by atoms with E-state index in [0.29, 0.717) is 0 Å². The first-order chi connectivity index (χ1) is 6.63. The molecule has 0 saturated heterocycles. The Bertz CT molecular complexity index is 194. The Kier molecular flexibility index (Phi) is 14.6. The molecule has 0 aliphatic heterocycles. The van der Waals surface area contributed by atoms with Gasteiger partial charge in [0.25, 0.3) is 0 Å². The second kappa shape index (κ2) is 12.7. The number of para-hydroxylation sites is 2. The summed E-state index contributed by atoms with van der Waals surface area (Å²) in [5.41, 5.74) is 0. The summed E-state index contributed by atoms with van der Waals surface area (Å²) in [5.74, 6) is -0.153. The average molecular weight is 234 g/mol. The van der Waals surface area contributed by atoms with Gasteiger partial charge in [-0.15, -0.1) is 18.5 Å². The van der Waals surface area contributed by atoms with Crippen LogP contribution in [0, 0.1) is 0 Å². The van der Waals surface area contributed by atoms with Crippen LogP contribution in [0.5, 0.6) is 11.5 Å². The van der Waals surface area contributed by atoms with Gasteiger partial charge in [0.15, 0.2) is 11.5 Å². The van der Waals surface area contributed by atoms with Crippen LogP contribution in [0.2, 0.25) is 0 Å². The molecule has 2 atom stereocenters. The summed E-state index contributed by atoms with van der Waals surface area (Å²) in [4.78, 5) is 0. The minimum atomic E-state index is -0.0764. The van der Waals surface area contributed by atoms with Crippen molar-refractivity contribution in [3.05, 3.63) is 24.3 Å². The second-order valence-corrected chi connectivity index (χ2v) is 3.94. The van der Waals surface area contributed by atoms with Crippen LogP contribution >= 0.6 is 18.5 Å². The minimum Gasteiger partial charge on any atom is -0.504 e. The summed E-state index contributed by atoms with van der Waals surface area (Å²) < 4.78 is 0. The van der Waals surface area contributed by atoms with Gasteiger partial charge in [-0.3, -0.25) is 0 Å². The van der Waals surface area contributed by atoms with Gasteiger partial charge in [0.05, 0.1) is 0 Å². The molecule has 1 rings (SSSR count). The lowest BCUT2D eigenvalue weighted by molar-refractivity contribution is 0.404. The van der Waals surface area contributed by atoms with Crippen LogP contribution in [-0.2, 0) is 0 Å². The van der Waals surface area contributed by atoms with E-state index >= 15 is 0 Å². The largest absolute Gasteiger partial charge is 0.504 e. The molecule has 0 aromatic heterocycles. The maximum Gasteiger partial charge on any atom is 0.157 e. The molecule has 1 aromatic carbocycles. The highest BCUT2D eigenvalue weighted by atomic mass is 31.0. The van der Waals surface area contributed by atoms with Crippen LogP contribution in [0.25, 0.3) is 0 Å². The topological polar surface area (TPSA) is 40.5 Å². The smallest absolute Gasteiger partial charge is 0.157 e. The third kappa shape index (κ3) is 11.7. The lowest BCUT2D eigenvalue weighted by atomic mass is 10.3. The van der Waals surface area contributed by atoms with Crippen molar-refractivity contribution >= 4 is 18.5 Å². The van der Waals surface area contributed by atoms with E-state index in [9.17, 15) is 0 Å². The normalized spacial score (nSPS) is 7.71. The quantitative estimate of drug-likeness (QED) is 0.535. The number of rotatable bonds is 0. The summed E-state index contributed by atoms with van der Waals surface area (Å²) in [7, 11) is 5.16. The molecule has 0 aliphatic rings. The van der Waals surface area contributed by atoms with Crippen LogP contribution < -0.4 is 0 Å². The standard InChI is InChI=1S/C6H6O2.2C2H7P/c7-5-3-1-2-4-6(5)8;2*1-2-3/h1-4,7-8H;2*2-3H2,1H3. The van der Waals surface area contributed by atoms with Gasteiger partial charge < -0.3 is 10.2 Å². The van der Waals surface area contributed by atoms with Crippen LogP contribution in [0.15, 0.2) is 24.3 Å². The lowest BCUT2D eigenvalue weighted by Gasteiger charge is -1.91. The first-order valence-corrected chi connectivity index (χ1v) is 6.14. The zero-order chi connectivity index (χ0) is 11.4. The third-order valence-corrected chi connectivity index (χ3v) is 0.882. The van der Waals surface area contributed by atoms with Crippen LogP contribution in [-0.4, -0.2) is 22.5 Å². The van der Waals surface area contributed by atoms with Gasteiger partial charge in [-0.2, -0.15) is 0 Å². The van der Waals surface area contributed by atoms with E-state index in [4.69, 9.17) is 10.2 Å². The predicted octanol–water partition coefficient (Wildman–Crippen LogP) is 2.86. The Morgan fingerprint density at radius 2 is 1.14 bits per heavy atom. The summed E-state index contributed by atoms with van der Waals surface area (Å²) in [6, 6.07) is 6.15. The van der Waals surface area contributed by atoms with Gasteiger partial charge in [-0.1, -0.05) is 26.0 Å². The average Bonchev–Trinajstić information content (AvgIpc) is 2.13. The molecule has 1 aromatic rings. The van der Waals surface area contributed by atoms with Gasteiger partial charge in [0.2, 0.25) is 0 Å². The number of phenolic OH excluding ortho intramolecular Hbond substituents is 2. The van der Waals surface area contributed by atoms with Gasteiger partial charge in [-0.05, 0) is 24.5 Å². The maximum atomic E-state index is 8.67. The summed E-state index contributed by atoms with van der Waals surface area (Å²) in [6.07, 6.45) is 2.33. The van der Waals surface area contributed by atoms with E-state index in [2.05, 4.69) is 32.3 Å². The molecule has 0 fully saturated rings. The molecule has 0 amide bonds. The number of aromatic hydroxyl groups is 2. The molecule has 82 valence electrons. The molecule has 0 heterocycles. The second-order valence-electron chi connectivity index (χ2n) is 2.31. The van der Waals surface area contributed by atoms with Crippen molar-refractivity contribution in [3.63, 3.8) is 0 Å². The molecule has 0 radical (unpaired) electrons. The molecule has 0 saturated carbocycles. The van der Waals surface area contributed by atoms with Gasteiger partial charge in [-0.25, -0.2) is 0 Å². The fourth-order valence-electron chi connectivity index (χ4n) is 0.464. The van der Waals surface area contributed by atoms with Gasteiger partial charge in [0.1, 0.15) is 0 Å². The predicted molar refractivity (Wildman–Crippen MR) is 70.3 cm³/mol. The zero-order valence-electron chi connectivity index (χ0n) is 8.77. The van der Waals surface area contributed by atoms with Crippen LogP contribution in [0.1, 0.15) is 13.8 Å². The highest BCUT2D eigenvalue weighted by Crippen LogP contribution is 2.21. The molecule has 2 nitrogen and oxygen atoms in total. The van der Waals surface area contributed by atoms with Crippen molar-refractivity contribution in [2.45, 2.75) is 13.8 Å². The summed E-state index contributed by atoms with van der Waals surface area (Å²) >= 11 is 0. The number of benzene rings is 1.